The van der Waals surface area contributed by atoms with Crippen LogP contribution in [-0.2, 0) is 65.4 Å². The minimum Gasteiger partial charge on any atom is -0.462 e. The normalized spacial score (nSPS) is 14.4. The van der Waals surface area contributed by atoms with Crippen molar-refractivity contribution in [2.75, 3.05) is 39.6 Å². The lowest BCUT2D eigenvalue weighted by molar-refractivity contribution is -0.161. The molecule has 3 N–H and O–H groups in total. The Morgan fingerprint density at radius 2 is 0.568 bits per heavy atom. The molecule has 0 heterocycles. The molecule has 0 amide bonds. The lowest BCUT2D eigenvalue weighted by atomic mass is 10.0. The average molecular weight is 1200 g/mol. The molecule has 5 atom stereocenters. The number of hydrogen-bond donors (Lipinski definition) is 3. The summed E-state index contributed by atoms with van der Waals surface area (Å²) in [6.45, 7) is 11.6. The summed E-state index contributed by atoms with van der Waals surface area (Å²) in [5.74, 6) is -0.0434. The molecule has 0 bridgehead atoms. The predicted octanol–water partition coefficient (Wildman–Crippen LogP) is 16.7. The highest BCUT2D eigenvalue weighted by Gasteiger charge is 2.30. The highest BCUT2D eigenvalue weighted by molar-refractivity contribution is 7.47. The van der Waals surface area contributed by atoms with E-state index in [2.05, 4.69) is 48.5 Å². The maximum atomic E-state index is 12.9. The lowest BCUT2D eigenvalue weighted by Crippen LogP contribution is -2.30. The molecule has 0 aromatic rings. The minimum absolute atomic E-state index is 0.101. The number of carbonyl (C=O) groups excluding carboxylic acids is 4. The third-order valence-electron chi connectivity index (χ3n) is 14.1. The molecule has 0 saturated carbocycles. The number of carbonyl (C=O) groups is 4. The summed E-state index contributed by atoms with van der Waals surface area (Å²) in [4.78, 5) is 72.0. The van der Waals surface area contributed by atoms with E-state index in [0.717, 1.165) is 102 Å². The summed E-state index contributed by atoms with van der Waals surface area (Å²) in [6, 6.07) is 0. The first-order valence-corrected chi connectivity index (χ1v) is 35.3. The molecule has 17 nitrogen and oxygen atoms in total. The van der Waals surface area contributed by atoms with Gasteiger partial charge in [0.25, 0.3) is 0 Å². The number of ether oxygens (including phenoxy) is 4. The highest BCUT2D eigenvalue weighted by atomic mass is 31.2. The number of esters is 4. The molecule has 2 unspecified atom stereocenters. The molecule has 81 heavy (non-hydrogen) atoms. The van der Waals surface area contributed by atoms with Crippen molar-refractivity contribution in [1.29, 1.82) is 0 Å². The van der Waals surface area contributed by atoms with Crippen LogP contribution in [0.25, 0.3) is 0 Å². The first kappa shape index (κ1) is 79.1. The molecule has 0 aromatic heterocycles. The Kier molecular flexibility index (Phi) is 52.2. The van der Waals surface area contributed by atoms with Crippen LogP contribution in [0.15, 0.2) is 0 Å². The molecule has 0 aliphatic rings. The SMILES string of the molecule is CCCCCCCCCCCCC(=O)OC[C@H](COP(=O)(O)OC[C@@H](O)COP(=O)(O)OC[C@@H](COC(=O)CCCCCCCCC(C)C)OC(=O)CCCCCCCCC(C)C)OC(=O)CCCCCCCCCCCCC(C)C. The molecule has 0 aromatic carbocycles. The Morgan fingerprint density at radius 1 is 0.333 bits per heavy atom. The molecule has 0 aliphatic heterocycles. The van der Waals surface area contributed by atoms with Crippen molar-refractivity contribution in [3.8, 4) is 0 Å². The van der Waals surface area contributed by atoms with Crippen molar-refractivity contribution in [1.82, 2.24) is 0 Å². The van der Waals surface area contributed by atoms with Crippen LogP contribution in [0.4, 0.5) is 0 Å². The smallest absolute Gasteiger partial charge is 0.462 e. The van der Waals surface area contributed by atoms with Crippen LogP contribution in [0.5, 0.6) is 0 Å². The van der Waals surface area contributed by atoms with Crippen molar-refractivity contribution in [2.45, 2.75) is 317 Å². The number of phosphoric ester groups is 2. The summed E-state index contributed by atoms with van der Waals surface area (Å²) in [5, 5.41) is 10.5. The van der Waals surface area contributed by atoms with E-state index >= 15 is 0 Å². The van der Waals surface area contributed by atoms with Gasteiger partial charge in [0.05, 0.1) is 26.4 Å². The van der Waals surface area contributed by atoms with Crippen molar-refractivity contribution < 1.29 is 80.2 Å². The summed E-state index contributed by atoms with van der Waals surface area (Å²) in [6.07, 6.45) is 33.7. The maximum absolute atomic E-state index is 12.9. The first-order valence-electron chi connectivity index (χ1n) is 32.3. The number of hydrogen-bond acceptors (Lipinski definition) is 15. The summed E-state index contributed by atoms with van der Waals surface area (Å²) >= 11 is 0. The van der Waals surface area contributed by atoms with Gasteiger partial charge >= 0.3 is 39.5 Å². The van der Waals surface area contributed by atoms with Gasteiger partial charge in [0, 0.05) is 25.7 Å². The largest absolute Gasteiger partial charge is 0.472 e. The van der Waals surface area contributed by atoms with E-state index in [0.29, 0.717) is 37.5 Å². The average Bonchev–Trinajstić information content (AvgIpc) is 3.41. The van der Waals surface area contributed by atoms with E-state index in [1.54, 1.807) is 0 Å². The van der Waals surface area contributed by atoms with E-state index in [4.69, 9.17) is 37.0 Å². The standard InChI is InChI=1S/C62H120O17P2/c1-8-9-10-11-12-13-17-20-29-36-43-59(64)72-49-57(78-61(66)45-38-31-21-18-15-14-16-19-26-33-40-53(2)3)51-76-80(68,69)74-47-56(63)48-75-81(70,71)77-52-58(79-62(67)46-39-32-25-23-28-35-42-55(6)7)50-73-60(65)44-37-30-24-22-27-34-41-54(4)5/h53-58,63H,8-52H2,1-7H3,(H,68,69)(H,70,71)/t56-,57-,58-/m1/s1. The van der Waals surface area contributed by atoms with Gasteiger partial charge in [-0.2, -0.15) is 0 Å². The van der Waals surface area contributed by atoms with Crippen LogP contribution in [-0.4, -0.2) is 96.7 Å². The Balaban J connectivity index is 5.23. The van der Waals surface area contributed by atoms with E-state index in [1.807, 2.05) is 0 Å². The third kappa shape index (κ3) is 56.9. The fourth-order valence-electron chi connectivity index (χ4n) is 9.13. The molecule has 0 fully saturated rings. The molecular formula is C62H120O17P2. The molecule has 0 aliphatic carbocycles. The zero-order valence-corrected chi connectivity index (χ0v) is 54.0. The molecule has 0 rings (SSSR count). The summed E-state index contributed by atoms with van der Waals surface area (Å²) in [7, 11) is -9.88. The number of unbranched alkanes of at least 4 members (excludes halogenated alkanes) is 28. The number of aliphatic hydroxyl groups is 1. The molecule has 480 valence electrons. The maximum Gasteiger partial charge on any atom is 0.472 e. The van der Waals surface area contributed by atoms with E-state index in [9.17, 15) is 43.2 Å². The van der Waals surface area contributed by atoms with Gasteiger partial charge in [-0.15, -0.1) is 0 Å². The van der Waals surface area contributed by atoms with Crippen molar-refractivity contribution in [3.63, 3.8) is 0 Å². The third-order valence-corrected chi connectivity index (χ3v) is 16.0. The van der Waals surface area contributed by atoms with Gasteiger partial charge in [0.1, 0.15) is 19.3 Å². The van der Waals surface area contributed by atoms with E-state index in [-0.39, 0.29) is 25.7 Å². The van der Waals surface area contributed by atoms with E-state index in [1.165, 1.54) is 103 Å². The Hall–Kier alpha value is -1.94. The van der Waals surface area contributed by atoms with Crippen LogP contribution in [0.2, 0.25) is 0 Å². The minimum atomic E-state index is -4.94. The number of aliphatic hydroxyl groups excluding tert-OH is 1. The Labute approximate surface area is 492 Å². The topological polar surface area (TPSA) is 237 Å². The van der Waals surface area contributed by atoms with Gasteiger partial charge in [-0.3, -0.25) is 37.3 Å². The fourth-order valence-corrected chi connectivity index (χ4v) is 10.7. The molecule has 0 saturated heterocycles. The van der Waals surface area contributed by atoms with E-state index < -0.39 is 97.5 Å². The van der Waals surface area contributed by atoms with Gasteiger partial charge in [0.15, 0.2) is 12.2 Å². The number of phosphoric acid groups is 2. The lowest BCUT2D eigenvalue weighted by Gasteiger charge is -2.21. The van der Waals surface area contributed by atoms with Gasteiger partial charge in [-0.05, 0) is 43.4 Å². The van der Waals surface area contributed by atoms with Crippen LogP contribution >= 0.6 is 15.6 Å². The second kappa shape index (κ2) is 53.5. The van der Waals surface area contributed by atoms with Crippen LogP contribution in [0.3, 0.4) is 0 Å². The van der Waals surface area contributed by atoms with Crippen LogP contribution < -0.4 is 0 Å². The second-order valence-corrected chi connectivity index (χ2v) is 26.8. The number of rotatable bonds is 60. The van der Waals surface area contributed by atoms with Gasteiger partial charge in [0.2, 0.25) is 0 Å². The van der Waals surface area contributed by atoms with Crippen molar-refractivity contribution in [2.24, 2.45) is 17.8 Å². The highest BCUT2D eigenvalue weighted by Crippen LogP contribution is 2.45. The Morgan fingerprint density at radius 3 is 0.840 bits per heavy atom. The predicted molar refractivity (Wildman–Crippen MR) is 321 cm³/mol. The molecule has 19 heteroatoms. The first-order chi connectivity index (χ1) is 38.7. The van der Waals surface area contributed by atoms with Gasteiger partial charge in [-0.25, -0.2) is 9.13 Å². The van der Waals surface area contributed by atoms with Crippen LogP contribution in [0, 0.1) is 17.8 Å². The monoisotopic (exact) mass is 1200 g/mol. The fraction of sp³-hybridized carbons (Fsp3) is 0.935. The van der Waals surface area contributed by atoms with Crippen LogP contribution in [0.1, 0.15) is 299 Å². The van der Waals surface area contributed by atoms with Gasteiger partial charge in [-0.1, -0.05) is 248 Å². The van der Waals surface area contributed by atoms with Gasteiger partial charge < -0.3 is 33.8 Å². The summed E-state index contributed by atoms with van der Waals surface area (Å²) in [5.41, 5.74) is 0. The Bertz CT molecular complexity index is 1610. The second-order valence-electron chi connectivity index (χ2n) is 23.9. The van der Waals surface area contributed by atoms with Crippen molar-refractivity contribution in [3.05, 3.63) is 0 Å². The zero-order valence-electron chi connectivity index (χ0n) is 52.2. The summed E-state index contributed by atoms with van der Waals surface area (Å²) < 4.78 is 67.8. The molecular weight excluding hydrogens is 1080 g/mol. The zero-order chi connectivity index (χ0) is 60.3. The van der Waals surface area contributed by atoms with Crippen molar-refractivity contribution >= 4 is 39.5 Å². The molecule has 0 radical (unpaired) electrons. The molecule has 0 spiro atoms. The quantitative estimate of drug-likeness (QED) is 0.0222.